The zero-order valence-electron chi connectivity index (χ0n) is 19.6. The topological polar surface area (TPSA) is 82.0 Å². The predicted octanol–water partition coefficient (Wildman–Crippen LogP) is 4.96. The lowest BCUT2D eigenvalue weighted by Crippen LogP contribution is -2.53. The molecule has 1 unspecified atom stereocenters. The molecule has 1 saturated carbocycles. The van der Waals surface area contributed by atoms with Crippen LogP contribution in [0.1, 0.15) is 44.7 Å². The van der Waals surface area contributed by atoms with E-state index in [1.807, 2.05) is 6.07 Å². The van der Waals surface area contributed by atoms with Gasteiger partial charge in [0, 0.05) is 28.4 Å². The van der Waals surface area contributed by atoms with E-state index < -0.39 is 52.6 Å². The largest absolute Gasteiger partial charge is 0.407 e. The number of nitriles is 1. The number of carbonyl (C=O) groups is 1. The van der Waals surface area contributed by atoms with Gasteiger partial charge in [0.15, 0.2) is 0 Å². The first-order chi connectivity index (χ1) is 16.2. The minimum Gasteiger partial charge on any atom is -0.336 e. The first-order valence-electron chi connectivity index (χ1n) is 11.0. The third-order valence-electron chi connectivity index (χ3n) is 5.79. The summed E-state index contributed by atoms with van der Waals surface area (Å²) in [5, 5.41) is 14.0. The number of rotatable bonds is 9. The van der Waals surface area contributed by atoms with Crippen molar-refractivity contribution in [1.29, 1.82) is 5.26 Å². The first-order valence-corrected chi connectivity index (χ1v) is 12.6. The summed E-state index contributed by atoms with van der Waals surface area (Å²) in [4.78, 5) is 13.4. The lowest BCUT2D eigenvalue weighted by atomic mass is 9.96. The van der Waals surface area contributed by atoms with Gasteiger partial charge in [0.05, 0.1) is 12.1 Å². The van der Waals surface area contributed by atoms with Crippen molar-refractivity contribution in [2.45, 2.75) is 67.5 Å². The van der Waals surface area contributed by atoms with Gasteiger partial charge in [0.25, 0.3) is 0 Å². The van der Waals surface area contributed by atoms with Gasteiger partial charge < -0.3 is 5.32 Å². The molecule has 2 aromatic carbocycles. The van der Waals surface area contributed by atoms with Gasteiger partial charge in [-0.05, 0) is 55.5 Å². The Bertz CT molecular complexity index is 1120. The second-order valence-electron chi connectivity index (χ2n) is 9.40. The van der Waals surface area contributed by atoms with E-state index in [9.17, 15) is 31.8 Å². The molecular formula is C25H27F4N3O2S. The van der Waals surface area contributed by atoms with Crippen molar-refractivity contribution in [2.75, 3.05) is 6.26 Å². The van der Waals surface area contributed by atoms with E-state index in [2.05, 4.69) is 10.6 Å². The van der Waals surface area contributed by atoms with Crippen molar-refractivity contribution in [2.24, 2.45) is 0 Å². The monoisotopic (exact) mass is 509 g/mol. The van der Waals surface area contributed by atoms with E-state index in [-0.39, 0.29) is 5.56 Å². The molecule has 0 aliphatic heterocycles. The lowest BCUT2D eigenvalue weighted by Gasteiger charge is -2.30. The van der Waals surface area contributed by atoms with E-state index in [0.717, 1.165) is 5.56 Å². The van der Waals surface area contributed by atoms with Crippen LogP contribution in [0.2, 0.25) is 0 Å². The number of halogens is 4. The summed E-state index contributed by atoms with van der Waals surface area (Å²) in [5.41, 5.74) is -1.75. The molecule has 1 amide bonds. The summed E-state index contributed by atoms with van der Waals surface area (Å²) in [6.45, 7) is 2.37. The number of nitrogens with zero attached hydrogens (tertiary/aromatic N) is 1. The average Bonchev–Trinajstić information content (AvgIpc) is 3.55. The molecular weight excluding hydrogens is 482 g/mol. The molecule has 1 aliphatic rings. The van der Waals surface area contributed by atoms with Gasteiger partial charge >= 0.3 is 6.18 Å². The summed E-state index contributed by atoms with van der Waals surface area (Å²) in [6.07, 6.45) is -2.91. The Hall–Kier alpha value is -2.77. The summed E-state index contributed by atoms with van der Waals surface area (Å²) >= 11 is 0. The third-order valence-corrected chi connectivity index (χ3v) is 6.73. The number of nitrogens with one attached hydrogen (secondary N) is 2. The Morgan fingerprint density at radius 2 is 1.57 bits per heavy atom. The maximum atomic E-state index is 14.4. The second kappa shape index (κ2) is 10.1. The van der Waals surface area contributed by atoms with Crippen LogP contribution in [0.15, 0.2) is 53.4 Å². The van der Waals surface area contributed by atoms with Crippen LogP contribution in [-0.4, -0.2) is 39.8 Å². The van der Waals surface area contributed by atoms with Crippen molar-refractivity contribution >= 4 is 16.7 Å². The van der Waals surface area contributed by atoms with Crippen LogP contribution < -0.4 is 10.6 Å². The predicted molar refractivity (Wildman–Crippen MR) is 125 cm³/mol. The van der Waals surface area contributed by atoms with Gasteiger partial charge in [-0.2, -0.15) is 18.4 Å². The molecule has 0 heterocycles. The third kappa shape index (κ3) is 7.12. The smallest absolute Gasteiger partial charge is 0.336 e. The molecule has 10 heteroatoms. The Labute approximate surface area is 204 Å². The van der Waals surface area contributed by atoms with Crippen LogP contribution in [0.25, 0.3) is 11.1 Å². The van der Waals surface area contributed by atoms with Crippen molar-refractivity contribution in [1.82, 2.24) is 10.6 Å². The number of carbonyl (C=O) groups excluding carboxylic acids is 1. The van der Waals surface area contributed by atoms with Crippen LogP contribution in [0.3, 0.4) is 0 Å². The van der Waals surface area contributed by atoms with Crippen molar-refractivity contribution in [3.8, 4) is 17.2 Å². The molecule has 35 heavy (non-hydrogen) atoms. The summed E-state index contributed by atoms with van der Waals surface area (Å²) in [6, 6.07) is 10.7. The highest BCUT2D eigenvalue weighted by Crippen LogP contribution is 2.37. The van der Waals surface area contributed by atoms with Crippen molar-refractivity contribution in [3.63, 3.8) is 0 Å². The molecule has 2 aromatic rings. The van der Waals surface area contributed by atoms with Crippen LogP contribution in [0.5, 0.6) is 0 Å². The number of hydrogen-bond acceptors (Lipinski definition) is 4. The SMILES string of the molecule is CS(=O)c1ccc(-c2ccc([C@H](N[C@@H](CC(C)(C)F)C(=O)NC3(C#N)CC3)C(F)(F)F)cc2)cc1. The second-order valence-corrected chi connectivity index (χ2v) is 10.8. The summed E-state index contributed by atoms with van der Waals surface area (Å²) in [7, 11) is -1.14. The number of alkyl halides is 4. The molecule has 5 nitrogen and oxygen atoms in total. The van der Waals surface area contributed by atoms with E-state index in [4.69, 9.17) is 0 Å². The summed E-state index contributed by atoms with van der Waals surface area (Å²) < 4.78 is 68.1. The molecule has 3 rings (SSSR count). The molecule has 0 aromatic heterocycles. The van der Waals surface area contributed by atoms with Crippen LogP contribution in [-0.2, 0) is 15.6 Å². The van der Waals surface area contributed by atoms with Crippen molar-refractivity contribution in [3.05, 3.63) is 54.1 Å². The fourth-order valence-corrected chi connectivity index (χ4v) is 4.23. The van der Waals surface area contributed by atoms with Gasteiger partial charge in [-0.15, -0.1) is 0 Å². The Morgan fingerprint density at radius 1 is 1.06 bits per heavy atom. The van der Waals surface area contributed by atoms with Crippen molar-refractivity contribution < 1.29 is 26.6 Å². The molecule has 188 valence electrons. The fourth-order valence-electron chi connectivity index (χ4n) is 3.71. The van der Waals surface area contributed by atoms with Gasteiger partial charge in [-0.3, -0.25) is 14.3 Å². The Balaban J connectivity index is 1.85. The molecule has 2 N–H and O–H groups in total. The van der Waals surface area contributed by atoms with Gasteiger partial charge in [-0.25, -0.2) is 4.39 Å². The van der Waals surface area contributed by atoms with Crippen LogP contribution in [0.4, 0.5) is 17.6 Å². The summed E-state index contributed by atoms with van der Waals surface area (Å²) in [5.74, 6) is -0.839. The zero-order chi connectivity index (χ0) is 26.0. The maximum absolute atomic E-state index is 14.4. The fraction of sp³-hybridized carbons (Fsp3) is 0.440. The van der Waals surface area contributed by atoms with E-state index in [0.29, 0.717) is 23.3 Å². The number of benzene rings is 2. The molecule has 0 bridgehead atoms. The molecule has 1 fully saturated rings. The minimum atomic E-state index is -4.76. The van der Waals surface area contributed by atoms with Gasteiger partial charge in [0.2, 0.25) is 5.91 Å². The number of amides is 1. The zero-order valence-corrected chi connectivity index (χ0v) is 20.4. The molecule has 3 atom stereocenters. The molecule has 1 aliphatic carbocycles. The number of hydrogen-bond donors (Lipinski definition) is 2. The standard InChI is InChI=1S/C25H27F4N3O2S/c1-23(2,26)14-20(22(33)32-24(15-30)12-13-24)31-21(25(27,28)29)18-6-4-16(5-7-18)17-8-10-19(11-9-17)35(3)34/h4-11,20-21,31H,12-14H2,1-3H3,(H,32,33)/t20-,21-,35?/m0/s1. The molecule has 0 radical (unpaired) electrons. The van der Waals surface area contributed by atoms with Crippen LogP contribution >= 0.6 is 0 Å². The normalized spacial score (nSPS) is 17.7. The first kappa shape index (κ1) is 26.8. The van der Waals surface area contributed by atoms with Gasteiger partial charge in [-0.1, -0.05) is 36.4 Å². The van der Waals surface area contributed by atoms with Crippen LogP contribution in [0, 0.1) is 11.3 Å². The Kier molecular flexibility index (Phi) is 7.72. The molecule has 0 spiro atoms. The van der Waals surface area contributed by atoms with E-state index >= 15 is 0 Å². The highest BCUT2D eigenvalue weighted by Gasteiger charge is 2.48. The quantitative estimate of drug-likeness (QED) is 0.468. The van der Waals surface area contributed by atoms with E-state index in [1.165, 1.54) is 38.1 Å². The highest BCUT2D eigenvalue weighted by atomic mass is 32.2. The maximum Gasteiger partial charge on any atom is 0.407 e. The average molecular weight is 510 g/mol. The van der Waals surface area contributed by atoms with Gasteiger partial charge in [0.1, 0.15) is 17.2 Å². The van der Waals surface area contributed by atoms with E-state index in [1.54, 1.807) is 30.5 Å². The molecule has 0 saturated heterocycles. The highest BCUT2D eigenvalue weighted by molar-refractivity contribution is 7.84. The lowest BCUT2D eigenvalue weighted by molar-refractivity contribution is -0.161. The Morgan fingerprint density at radius 3 is 1.97 bits per heavy atom. The minimum absolute atomic E-state index is 0.136.